The number of halogens is 1. The molecule has 2 aromatic heterocycles. The summed E-state index contributed by atoms with van der Waals surface area (Å²) in [6, 6.07) is 8.20. The molecular formula is C22H27ClN6O3S. The predicted molar refractivity (Wildman–Crippen MR) is 130 cm³/mol. The zero-order chi connectivity index (χ0) is 23.9. The lowest BCUT2D eigenvalue weighted by Gasteiger charge is -2.35. The molecule has 33 heavy (non-hydrogen) atoms. The molecule has 3 aromatic rings. The quantitative estimate of drug-likeness (QED) is 0.587. The molecule has 1 saturated heterocycles. The lowest BCUT2D eigenvalue weighted by atomic mass is 9.98. The minimum atomic E-state index is -3.57. The van der Waals surface area contributed by atoms with Crippen LogP contribution >= 0.6 is 11.6 Å². The lowest BCUT2D eigenvalue weighted by Crippen LogP contribution is -2.39. The predicted octanol–water partition coefficient (Wildman–Crippen LogP) is 3.50. The van der Waals surface area contributed by atoms with Gasteiger partial charge in [0.15, 0.2) is 5.65 Å². The van der Waals surface area contributed by atoms with E-state index in [1.165, 1.54) is 12.1 Å². The normalized spacial score (nSPS) is 16.8. The number of hydrogen-bond acceptors (Lipinski definition) is 6. The smallest absolute Gasteiger partial charge is 0.256 e. The van der Waals surface area contributed by atoms with Crippen LogP contribution in [0.3, 0.4) is 0 Å². The third-order valence-corrected chi connectivity index (χ3v) is 6.51. The van der Waals surface area contributed by atoms with Crippen molar-refractivity contribution in [1.29, 1.82) is 0 Å². The molecule has 1 fully saturated rings. The molecule has 3 heterocycles. The van der Waals surface area contributed by atoms with Gasteiger partial charge in [-0.1, -0.05) is 11.6 Å². The van der Waals surface area contributed by atoms with E-state index in [0.29, 0.717) is 17.2 Å². The summed E-state index contributed by atoms with van der Waals surface area (Å²) in [4.78, 5) is 22.0. The number of hydrogen-bond donors (Lipinski definition) is 1. The molecule has 1 aromatic carbocycles. The number of amides is 1. The van der Waals surface area contributed by atoms with Crippen LogP contribution in [0.5, 0.6) is 0 Å². The van der Waals surface area contributed by atoms with Gasteiger partial charge < -0.3 is 9.80 Å². The summed E-state index contributed by atoms with van der Waals surface area (Å²) in [5, 5.41) is 5.12. The van der Waals surface area contributed by atoms with Crippen LogP contribution < -0.4 is 9.62 Å². The molecule has 9 nitrogen and oxygen atoms in total. The van der Waals surface area contributed by atoms with Crippen LogP contribution in [0.25, 0.3) is 5.65 Å². The maximum Gasteiger partial charge on any atom is 0.256 e. The molecule has 0 spiro atoms. The monoisotopic (exact) mass is 490 g/mol. The molecule has 0 unspecified atom stereocenters. The molecule has 176 valence electrons. The standard InChI is InChI=1S/C22H27ClN6O3S/c1-14-11-20(27(2)3)24-21-13-18(25-29(14)21)19-7-5-6-10-28(19)22(30)16-12-15(23)8-9-17(16)26-33(4,31)32/h8-9,11-13,19,26H,5-7,10H2,1-4H3/t19-/m0/s1. The number of aryl methyl sites for hydroxylation is 1. The van der Waals surface area contributed by atoms with Crippen molar-refractivity contribution in [3.05, 3.63) is 52.3 Å². The van der Waals surface area contributed by atoms with Crippen molar-refractivity contribution >= 4 is 44.7 Å². The van der Waals surface area contributed by atoms with Crippen LogP contribution in [0.2, 0.25) is 5.02 Å². The molecule has 0 bridgehead atoms. The summed E-state index contributed by atoms with van der Waals surface area (Å²) >= 11 is 6.16. The van der Waals surface area contributed by atoms with Gasteiger partial charge in [-0.3, -0.25) is 9.52 Å². The van der Waals surface area contributed by atoms with E-state index < -0.39 is 10.0 Å². The van der Waals surface area contributed by atoms with Crippen molar-refractivity contribution in [2.45, 2.75) is 32.2 Å². The van der Waals surface area contributed by atoms with Crippen LogP contribution in [0.1, 0.15) is 47.1 Å². The molecule has 0 aliphatic carbocycles. The molecule has 11 heteroatoms. The van der Waals surface area contributed by atoms with Gasteiger partial charge in [0.05, 0.1) is 29.2 Å². The van der Waals surface area contributed by atoms with E-state index in [0.717, 1.165) is 42.7 Å². The van der Waals surface area contributed by atoms with Gasteiger partial charge in [-0.25, -0.2) is 17.9 Å². The van der Waals surface area contributed by atoms with Crippen LogP contribution in [0, 0.1) is 6.92 Å². The molecule has 0 saturated carbocycles. The van der Waals surface area contributed by atoms with E-state index in [-0.39, 0.29) is 23.2 Å². The number of benzene rings is 1. The van der Waals surface area contributed by atoms with E-state index in [9.17, 15) is 13.2 Å². The summed E-state index contributed by atoms with van der Waals surface area (Å²) < 4.78 is 27.9. The number of anilines is 2. The highest BCUT2D eigenvalue weighted by atomic mass is 35.5. The van der Waals surface area contributed by atoms with Gasteiger partial charge in [0.25, 0.3) is 5.91 Å². The molecule has 4 rings (SSSR count). The van der Waals surface area contributed by atoms with Crippen LogP contribution in [-0.4, -0.2) is 60.7 Å². The van der Waals surface area contributed by atoms with Gasteiger partial charge in [0.1, 0.15) is 5.82 Å². The average Bonchev–Trinajstić information content (AvgIpc) is 3.18. The Labute approximate surface area is 198 Å². The maximum atomic E-state index is 13.6. The van der Waals surface area contributed by atoms with Crippen molar-refractivity contribution in [3.8, 4) is 0 Å². The van der Waals surface area contributed by atoms with E-state index in [2.05, 4.69) is 9.71 Å². The summed E-state index contributed by atoms with van der Waals surface area (Å²) in [5.41, 5.74) is 2.84. The fourth-order valence-corrected chi connectivity index (χ4v) is 4.89. The Morgan fingerprint density at radius 2 is 1.97 bits per heavy atom. The summed E-state index contributed by atoms with van der Waals surface area (Å²) in [6.07, 6.45) is 3.62. The number of likely N-dealkylation sites (tertiary alicyclic amines) is 1. The number of piperidine rings is 1. The van der Waals surface area contributed by atoms with Gasteiger partial charge >= 0.3 is 0 Å². The minimum absolute atomic E-state index is 0.208. The van der Waals surface area contributed by atoms with Crippen LogP contribution in [0.4, 0.5) is 11.5 Å². The molecule has 1 aliphatic rings. The fourth-order valence-electron chi connectivity index (χ4n) is 4.14. The first-order valence-electron chi connectivity index (χ1n) is 10.7. The number of carbonyl (C=O) groups is 1. The lowest BCUT2D eigenvalue weighted by molar-refractivity contribution is 0.0607. The molecule has 1 atom stereocenters. The van der Waals surface area contributed by atoms with Crippen molar-refractivity contribution in [2.75, 3.05) is 36.5 Å². The Morgan fingerprint density at radius 3 is 2.67 bits per heavy atom. The number of nitrogens with one attached hydrogen (secondary N) is 1. The van der Waals surface area contributed by atoms with Crippen molar-refractivity contribution in [3.63, 3.8) is 0 Å². The van der Waals surface area contributed by atoms with E-state index in [4.69, 9.17) is 16.7 Å². The Kier molecular flexibility index (Phi) is 6.24. The number of carbonyl (C=O) groups excluding carboxylic acids is 1. The SMILES string of the molecule is Cc1cc(N(C)C)nc2cc([C@@H]3CCCCN3C(=O)c3cc(Cl)ccc3NS(C)(=O)=O)nn12. The zero-order valence-electron chi connectivity index (χ0n) is 19.0. The van der Waals surface area contributed by atoms with Gasteiger partial charge in [-0.15, -0.1) is 0 Å². The zero-order valence-corrected chi connectivity index (χ0v) is 20.6. The van der Waals surface area contributed by atoms with Gasteiger partial charge in [0.2, 0.25) is 10.0 Å². The second-order valence-electron chi connectivity index (χ2n) is 8.56. The largest absolute Gasteiger partial charge is 0.363 e. The Bertz CT molecular complexity index is 1320. The number of sulfonamides is 1. The minimum Gasteiger partial charge on any atom is -0.363 e. The first-order valence-corrected chi connectivity index (χ1v) is 12.9. The van der Waals surface area contributed by atoms with Gasteiger partial charge in [-0.2, -0.15) is 5.10 Å². The van der Waals surface area contributed by atoms with E-state index in [1.807, 2.05) is 38.1 Å². The molecule has 1 N–H and O–H groups in total. The number of aromatic nitrogens is 3. The summed E-state index contributed by atoms with van der Waals surface area (Å²) in [6.45, 7) is 2.51. The van der Waals surface area contributed by atoms with Crippen LogP contribution in [0.15, 0.2) is 30.3 Å². The molecular weight excluding hydrogens is 464 g/mol. The molecule has 1 aliphatic heterocycles. The molecule has 1 amide bonds. The second-order valence-corrected chi connectivity index (χ2v) is 10.7. The topological polar surface area (TPSA) is 99.9 Å². The Balaban J connectivity index is 1.74. The Morgan fingerprint density at radius 1 is 1.21 bits per heavy atom. The number of nitrogens with zero attached hydrogens (tertiary/aromatic N) is 5. The first kappa shape index (κ1) is 23.3. The van der Waals surface area contributed by atoms with Crippen molar-refractivity contribution in [1.82, 2.24) is 19.5 Å². The highest BCUT2D eigenvalue weighted by molar-refractivity contribution is 7.92. The van der Waals surface area contributed by atoms with Gasteiger partial charge in [-0.05, 0) is 44.4 Å². The fraction of sp³-hybridized carbons (Fsp3) is 0.409. The van der Waals surface area contributed by atoms with Crippen molar-refractivity contribution < 1.29 is 13.2 Å². The first-order chi connectivity index (χ1) is 15.5. The average molecular weight is 491 g/mol. The Hall–Kier alpha value is -2.85. The van der Waals surface area contributed by atoms with E-state index >= 15 is 0 Å². The number of fused-ring (bicyclic) bond motifs is 1. The molecule has 0 radical (unpaired) electrons. The highest BCUT2D eigenvalue weighted by Gasteiger charge is 2.32. The number of rotatable bonds is 5. The third-order valence-electron chi connectivity index (χ3n) is 5.68. The maximum absolute atomic E-state index is 13.6. The highest BCUT2D eigenvalue weighted by Crippen LogP contribution is 2.34. The third kappa shape index (κ3) is 4.91. The summed E-state index contributed by atoms with van der Waals surface area (Å²) in [5.74, 6) is 0.544. The van der Waals surface area contributed by atoms with Crippen molar-refractivity contribution in [2.24, 2.45) is 0 Å². The summed E-state index contributed by atoms with van der Waals surface area (Å²) in [7, 11) is 0.302. The van der Waals surface area contributed by atoms with Gasteiger partial charge in [0, 0.05) is 43.5 Å². The van der Waals surface area contributed by atoms with Crippen LogP contribution in [-0.2, 0) is 10.0 Å². The van der Waals surface area contributed by atoms with E-state index in [1.54, 1.807) is 15.5 Å². The second kappa shape index (κ2) is 8.83.